The Kier molecular flexibility index (Phi) is 5.82. The Morgan fingerprint density at radius 1 is 1.12 bits per heavy atom. The second-order valence-corrected chi connectivity index (χ2v) is 9.11. The number of rotatable bonds is 5. The molecule has 0 aromatic carbocycles. The molecule has 1 saturated carbocycles. The Morgan fingerprint density at radius 2 is 1.91 bits per heavy atom. The number of carbonyl (C=O) groups is 1. The molecule has 4 heterocycles. The predicted molar refractivity (Wildman–Crippen MR) is 126 cm³/mol. The van der Waals surface area contributed by atoms with Crippen LogP contribution in [0.5, 0.6) is 0 Å². The summed E-state index contributed by atoms with van der Waals surface area (Å²) in [6.07, 6.45) is 8.51. The van der Waals surface area contributed by atoms with Crippen molar-refractivity contribution >= 4 is 29.2 Å². The van der Waals surface area contributed by atoms with Gasteiger partial charge in [-0.1, -0.05) is 12.8 Å². The molecule has 2 aliphatic heterocycles. The largest absolute Gasteiger partial charge is 0.368 e. The summed E-state index contributed by atoms with van der Waals surface area (Å²) in [4.78, 5) is 33.1. The minimum absolute atomic E-state index is 0.112. The second-order valence-electron chi connectivity index (χ2n) is 9.11. The van der Waals surface area contributed by atoms with E-state index in [1.165, 1.54) is 12.8 Å². The van der Waals surface area contributed by atoms with Crippen LogP contribution in [0.25, 0.3) is 0 Å². The molecule has 2 aromatic heterocycles. The number of amides is 1. The van der Waals surface area contributed by atoms with Crippen LogP contribution in [-0.2, 0) is 4.79 Å². The van der Waals surface area contributed by atoms with Crippen molar-refractivity contribution in [2.45, 2.75) is 37.6 Å². The summed E-state index contributed by atoms with van der Waals surface area (Å²) in [7, 11) is 3.62. The fourth-order valence-corrected chi connectivity index (χ4v) is 5.05. The standard InChI is InChI=1S/C23H32N8O/c1-29(2)22(32)19-15-31(16-5-3-4-6-16)21-18(19)14-26-23(28-21)27-20-8-7-17(13-25-20)30-11-9-24-10-12-30/h7-8,13-14,16,19,24H,3-6,9-12,15H2,1-2H3,(H,25,26,27,28). The topological polar surface area (TPSA) is 89.5 Å². The van der Waals surface area contributed by atoms with E-state index in [1.54, 1.807) is 4.90 Å². The maximum Gasteiger partial charge on any atom is 0.231 e. The van der Waals surface area contributed by atoms with Gasteiger partial charge in [0.25, 0.3) is 0 Å². The van der Waals surface area contributed by atoms with E-state index in [9.17, 15) is 4.79 Å². The maximum atomic E-state index is 12.8. The van der Waals surface area contributed by atoms with Crippen LogP contribution in [0.1, 0.15) is 37.2 Å². The molecule has 0 bridgehead atoms. The lowest BCUT2D eigenvalue weighted by atomic mass is 10.0. The lowest BCUT2D eigenvalue weighted by Gasteiger charge is -2.29. The van der Waals surface area contributed by atoms with Gasteiger partial charge in [-0.05, 0) is 25.0 Å². The van der Waals surface area contributed by atoms with E-state index >= 15 is 0 Å². The number of nitrogens with zero attached hydrogens (tertiary/aromatic N) is 6. The summed E-state index contributed by atoms with van der Waals surface area (Å²) in [5.41, 5.74) is 2.06. The fourth-order valence-electron chi connectivity index (χ4n) is 5.05. The number of anilines is 4. The predicted octanol–water partition coefficient (Wildman–Crippen LogP) is 1.96. The van der Waals surface area contributed by atoms with Gasteiger partial charge >= 0.3 is 0 Å². The van der Waals surface area contributed by atoms with E-state index in [-0.39, 0.29) is 11.8 Å². The van der Waals surface area contributed by atoms with Crippen molar-refractivity contribution < 1.29 is 4.79 Å². The van der Waals surface area contributed by atoms with E-state index in [2.05, 4.69) is 36.5 Å². The molecule has 0 radical (unpaired) electrons. The molecular weight excluding hydrogens is 404 g/mol. The highest BCUT2D eigenvalue weighted by atomic mass is 16.2. The van der Waals surface area contributed by atoms with Crippen molar-refractivity contribution in [1.29, 1.82) is 0 Å². The summed E-state index contributed by atoms with van der Waals surface area (Å²) in [6, 6.07) is 4.51. The SMILES string of the molecule is CN(C)C(=O)C1CN(C2CCCC2)c2nc(Nc3ccc(N4CCNCC4)cn3)ncc21. The van der Waals surface area contributed by atoms with Gasteiger partial charge in [-0.3, -0.25) is 4.79 Å². The van der Waals surface area contributed by atoms with Crippen molar-refractivity contribution in [3.63, 3.8) is 0 Å². The highest BCUT2D eigenvalue weighted by molar-refractivity contribution is 5.87. The molecule has 2 aromatic rings. The Hall–Kier alpha value is -2.94. The first-order valence-corrected chi connectivity index (χ1v) is 11.6. The number of hydrogen-bond donors (Lipinski definition) is 2. The minimum atomic E-state index is -0.203. The van der Waals surface area contributed by atoms with Crippen LogP contribution in [0.4, 0.5) is 23.3 Å². The van der Waals surface area contributed by atoms with Gasteiger partial charge in [0.05, 0.1) is 17.8 Å². The molecule has 0 spiro atoms. The Labute approximate surface area is 189 Å². The highest BCUT2D eigenvalue weighted by Gasteiger charge is 2.39. The van der Waals surface area contributed by atoms with E-state index in [1.807, 2.05) is 32.6 Å². The van der Waals surface area contributed by atoms with Gasteiger partial charge in [0.15, 0.2) is 0 Å². The summed E-state index contributed by atoms with van der Waals surface area (Å²) in [6.45, 7) is 4.67. The van der Waals surface area contributed by atoms with Gasteiger partial charge in [-0.25, -0.2) is 9.97 Å². The van der Waals surface area contributed by atoms with Crippen LogP contribution < -0.4 is 20.4 Å². The van der Waals surface area contributed by atoms with Crippen LogP contribution in [0.3, 0.4) is 0 Å². The molecule has 170 valence electrons. The van der Waals surface area contributed by atoms with Crippen LogP contribution in [0.15, 0.2) is 24.5 Å². The van der Waals surface area contributed by atoms with Crippen LogP contribution in [0, 0.1) is 0 Å². The fraction of sp³-hybridized carbons (Fsp3) is 0.565. The molecule has 3 aliphatic rings. The third-order valence-electron chi connectivity index (χ3n) is 6.80. The first-order chi connectivity index (χ1) is 15.6. The number of hydrogen-bond acceptors (Lipinski definition) is 8. The summed E-state index contributed by atoms with van der Waals surface area (Å²) >= 11 is 0. The Bertz CT molecular complexity index is 951. The Morgan fingerprint density at radius 3 is 2.59 bits per heavy atom. The highest BCUT2D eigenvalue weighted by Crippen LogP contribution is 2.40. The normalized spacial score (nSPS) is 21.0. The van der Waals surface area contributed by atoms with Crippen molar-refractivity contribution in [2.24, 2.45) is 0 Å². The number of piperazine rings is 1. The molecule has 1 saturated heterocycles. The number of carbonyl (C=O) groups excluding carboxylic acids is 1. The molecule has 9 nitrogen and oxygen atoms in total. The van der Waals surface area contributed by atoms with Gasteiger partial charge in [-0.15, -0.1) is 0 Å². The van der Waals surface area contributed by atoms with Crippen molar-refractivity contribution in [3.05, 3.63) is 30.1 Å². The third kappa shape index (κ3) is 4.09. The zero-order chi connectivity index (χ0) is 22.1. The minimum Gasteiger partial charge on any atom is -0.368 e. The molecule has 1 aliphatic carbocycles. The smallest absolute Gasteiger partial charge is 0.231 e. The van der Waals surface area contributed by atoms with Crippen LogP contribution >= 0.6 is 0 Å². The zero-order valence-electron chi connectivity index (χ0n) is 18.9. The molecule has 2 N–H and O–H groups in total. The van der Waals surface area contributed by atoms with Crippen molar-refractivity contribution in [3.8, 4) is 0 Å². The van der Waals surface area contributed by atoms with Gasteiger partial charge in [0, 0.05) is 64.6 Å². The van der Waals surface area contributed by atoms with Gasteiger partial charge in [0.2, 0.25) is 11.9 Å². The molecule has 1 atom stereocenters. The van der Waals surface area contributed by atoms with E-state index in [0.717, 1.165) is 61.9 Å². The van der Waals surface area contributed by atoms with E-state index < -0.39 is 0 Å². The van der Waals surface area contributed by atoms with Crippen LogP contribution in [-0.4, -0.2) is 78.6 Å². The lowest BCUT2D eigenvalue weighted by molar-refractivity contribution is -0.129. The second kappa shape index (κ2) is 8.90. The van der Waals surface area contributed by atoms with Crippen LogP contribution in [0.2, 0.25) is 0 Å². The van der Waals surface area contributed by atoms with Crippen molar-refractivity contribution in [2.75, 3.05) is 61.9 Å². The molecule has 1 unspecified atom stereocenters. The molecule has 9 heteroatoms. The average Bonchev–Trinajstić information content (AvgIpc) is 3.47. The van der Waals surface area contributed by atoms with E-state index in [0.29, 0.717) is 18.5 Å². The Balaban J connectivity index is 1.36. The molecular formula is C23H32N8O. The van der Waals surface area contributed by atoms with Gasteiger partial charge in [-0.2, -0.15) is 4.98 Å². The summed E-state index contributed by atoms with van der Waals surface area (Å²) < 4.78 is 0. The summed E-state index contributed by atoms with van der Waals surface area (Å²) in [5, 5.41) is 6.63. The zero-order valence-corrected chi connectivity index (χ0v) is 18.9. The first-order valence-electron chi connectivity index (χ1n) is 11.6. The lowest BCUT2D eigenvalue weighted by Crippen LogP contribution is -2.43. The summed E-state index contributed by atoms with van der Waals surface area (Å²) in [5.74, 6) is 2.04. The monoisotopic (exact) mass is 436 g/mol. The molecule has 5 rings (SSSR count). The number of nitrogens with one attached hydrogen (secondary N) is 2. The van der Waals surface area contributed by atoms with E-state index in [4.69, 9.17) is 4.98 Å². The van der Waals surface area contributed by atoms with Gasteiger partial charge in [0.1, 0.15) is 11.6 Å². The molecule has 2 fully saturated rings. The number of likely N-dealkylation sites (N-methyl/N-ethyl adjacent to an activating group) is 1. The van der Waals surface area contributed by atoms with Crippen molar-refractivity contribution in [1.82, 2.24) is 25.2 Å². The maximum absolute atomic E-state index is 12.8. The molecule has 32 heavy (non-hydrogen) atoms. The quantitative estimate of drug-likeness (QED) is 0.735. The third-order valence-corrected chi connectivity index (χ3v) is 6.80. The average molecular weight is 437 g/mol. The first kappa shape index (κ1) is 20.9. The molecule has 1 amide bonds. The number of pyridine rings is 1. The number of fused-ring (bicyclic) bond motifs is 1. The number of aromatic nitrogens is 3. The van der Waals surface area contributed by atoms with Gasteiger partial charge < -0.3 is 25.3 Å².